The Labute approximate surface area is 121 Å². The van der Waals surface area contributed by atoms with Crippen molar-refractivity contribution in [3.05, 3.63) is 0 Å². The van der Waals surface area contributed by atoms with Crippen LogP contribution in [0.2, 0.25) is 0 Å². The first-order valence-corrected chi connectivity index (χ1v) is 6.93. The molecule has 0 radical (unpaired) electrons. The van der Waals surface area contributed by atoms with Crippen molar-refractivity contribution in [1.82, 2.24) is 9.80 Å². The zero-order valence-corrected chi connectivity index (χ0v) is 11.7. The minimum Gasteiger partial charge on any atom is -0.480 e. The van der Waals surface area contributed by atoms with Crippen molar-refractivity contribution in [3.63, 3.8) is 0 Å². The highest BCUT2D eigenvalue weighted by atomic mass is 16.4. The molecule has 1 aliphatic heterocycles. The molecule has 2 aliphatic rings. The van der Waals surface area contributed by atoms with Crippen molar-refractivity contribution in [1.29, 1.82) is 0 Å². The molecule has 8 nitrogen and oxygen atoms in total. The monoisotopic (exact) mass is 297 g/mol. The Morgan fingerprint density at radius 1 is 1.29 bits per heavy atom. The number of carboxylic acid groups (broad SMARTS) is 1. The largest absolute Gasteiger partial charge is 0.480 e. The lowest BCUT2D eigenvalue weighted by Crippen LogP contribution is -2.45. The molecule has 3 N–H and O–H groups in total. The van der Waals surface area contributed by atoms with Gasteiger partial charge in [-0.2, -0.15) is 0 Å². The van der Waals surface area contributed by atoms with Gasteiger partial charge in [-0.3, -0.25) is 19.2 Å². The summed E-state index contributed by atoms with van der Waals surface area (Å²) in [6.07, 6.45) is 2.28. The summed E-state index contributed by atoms with van der Waals surface area (Å²) in [7, 11) is 0. The van der Waals surface area contributed by atoms with Crippen LogP contribution in [0.1, 0.15) is 19.3 Å². The van der Waals surface area contributed by atoms with E-state index in [1.165, 1.54) is 0 Å². The van der Waals surface area contributed by atoms with Crippen LogP contribution >= 0.6 is 0 Å². The molecule has 1 aliphatic carbocycles. The summed E-state index contributed by atoms with van der Waals surface area (Å²) < 4.78 is 0. The quantitative estimate of drug-likeness (QED) is 0.601. The fraction of sp³-hybridized carbons (Fsp3) is 0.692. The van der Waals surface area contributed by atoms with Gasteiger partial charge in [0.25, 0.3) is 0 Å². The summed E-state index contributed by atoms with van der Waals surface area (Å²) in [6, 6.07) is 0. The molecule has 116 valence electrons. The Morgan fingerprint density at radius 2 is 1.95 bits per heavy atom. The van der Waals surface area contributed by atoms with E-state index >= 15 is 0 Å². The first-order valence-electron chi connectivity index (χ1n) is 6.93. The smallest absolute Gasteiger partial charge is 0.323 e. The number of hydrogen-bond acceptors (Lipinski definition) is 4. The predicted molar refractivity (Wildman–Crippen MR) is 70.8 cm³/mol. The van der Waals surface area contributed by atoms with Gasteiger partial charge < -0.3 is 20.6 Å². The van der Waals surface area contributed by atoms with Crippen molar-refractivity contribution >= 4 is 23.7 Å². The maximum Gasteiger partial charge on any atom is 0.323 e. The van der Waals surface area contributed by atoms with Crippen LogP contribution in [0.25, 0.3) is 0 Å². The normalized spacial score (nSPS) is 21.4. The molecule has 21 heavy (non-hydrogen) atoms. The van der Waals surface area contributed by atoms with E-state index in [2.05, 4.69) is 0 Å². The Morgan fingerprint density at radius 3 is 2.48 bits per heavy atom. The molecule has 0 bridgehead atoms. The fourth-order valence-electron chi connectivity index (χ4n) is 2.55. The molecule has 0 aromatic heterocycles. The van der Waals surface area contributed by atoms with E-state index < -0.39 is 36.8 Å². The van der Waals surface area contributed by atoms with Gasteiger partial charge in [0.2, 0.25) is 17.7 Å². The van der Waals surface area contributed by atoms with Gasteiger partial charge in [-0.25, -0.2) is 0 Å². The summed E-state index contributed by atoms with van der Waals surface area (Å²) >= 11 is 0. The predicted octanol–water partition coefficient (Wildman–Crippen LogP) is -1.36. The van der Waals surface area contributed by atoms with E-state index in [-0.39, 0.29) is 12.3 Å². The van der Waals surface area contributed by atoms with Gasteiger partial charge in [-0.1, -0.05) is 0 Å². The molecule has 0 aromatic rings. The lowest BCUT2D eigenvalue weighted by molar-refractivity contribution is -0.147. The molecule has 1 saturated heterocycles. The van der Waals surface area contributed by atoms with Crippen LogP contribution in [0, 0.1) is 11.8 Å². The molecule has 3 amide bonds. The molecular formula is C13H19N3O5. The molecule has 1 unspecified atom stereocenters. The minimum absolute atomic E-state index is 0.0699. The number of aliphatic carboxylic acids is 1. The number of carbonyl (C=O) groups is 4. The fourth-order valence-corrected chi connectivity index (χ4v) is 2.55. The second-order valence-electron chi connectivity index (χ2n) is 5.70. The third-order valence-corrected chi connectivity index (χ3v) is 3.72. The van der Waals surface area contributed by atoms with E-state index in [0.29, 0.717) is 19.0 Å². The Kier molecular flexibility index (Phi) is 4.44. The zero-order valence-electron chi connectivity index (χ0n) is 11.7. The first-order chi connectivity index (χ1) is 9.86. The van der Waals surface area contributed by atoms with Gasteiger partial charge in [0.05, 0.1) is 12.5 Å². The van der Waals surface area contributed by atoms with E-state index in [1.54, 1.807) is 4.90 Å². The Balaban J connectivity index is 1.97. The van der Waals surface area contributed by atoms with E-state index in [0.717, 1.165) is 17.7 Å². The minimum atomic E-state index is -1.22. The Bertz CT molecular complexity index is 458. The number of likely N-dealkylation sites (tertiary alicyclic amines) is 1. The lowest BCUT2D eigenvalue weighted by Gasteiger charge is -2.22. The van der Waals surface area contributed by atoms with Crippen molar-refractivity contribution in [2.45, 2.75) is 19.3 Å². The number of carbonyl (C=O) groups excluding carboxylic acids is 3. The summed E-state index contributed by atoms with van der Waals surface area (Å²) in [6.45, 7) is -0.0754. The van der Waals surface area contributed by atoms with Crippen molar-refractivity contribution in [2.24, 2.45) is 17.6 Å². The van der Waals surface area contributed by atoms with Crippen LogP contribution in [0.4, 0.5) is 0 Å². The van der Waals surface area contributed by atoms with Crippen LogP contribution in [0.5, 0.6) is 0 Å². The number of primary amides is 1. The highest BCUT2D eigenvalue weighted by Crippen LogP contribution is 2.32. The van der Waals surface area contributed by atoms with Gasteiger partial charge in [0.1, 0.15) is 6.54 Å². The number of hydrogen-bond donors (Lipinski definition) is 2. The molecular weight excluding hydrogens is 278 g/mol. The second kappa shape index (κ2) is 6.11. The van der Waals surface area contributed by atoms with Gasteiger partial charge in [-0.15, -0.1) is 0 Å². The van der Waals surface area contributed by atoms with Gasteiger partial charge in [-0.05, 0) is 18.8 Å². The van der Waals surface area contributed by atoms with Crippen LogP contribution in [0.3, 0.4) is 0 Å². The average Bonchev–Trinajstić information content (AvgIpc) is 3.10. The highest BCUT2D eigenvalue weighted by molar-refractivity contribution is 5.92. The number of nitrogens with zero attached hydrogens (tertiary/aromatic N) is 2. The zero-order chi connectivity index (χ0) is 15.6. The average molecular weight is 297 g/mol. The molecule has 1 heterocycles. The molecule has 1 atom stereocenters. The third kappa shape index (κ3) is 4.17. The topological polar surface area (TPSA) is 121 Å². The summed E-state index contributed by atoms with van der Waals surface area (Å²) in [5.74, 6) is -2.64. The van der Waals surface area contributed by atoms with Gasteiger partial charge in [0.15, 0.2) is 0 Å². The molecule has 1 saturated carbocycles. The van der Waals surface area contributed by atoms with Crippen LogP contribution in [-0.4, -0.2) is 64.8 Å². The third-order valence-electron chi connectivity index (χ3n) is 3.72. The molecule has 0 spiro atoms. The first kappa shape index (κ1) is 15.3. The SMILES string of the molecule is NC(=O)CN(CC(=O)O)C(=O)C1CC(=O)N(CC2CC2)C1. The van der Waals surface area contributed by atoms with Crippen molar-refractivity contribution < 1.29 is 24.3 Å². The van der Waals surface area contributed by atoms with Crippen molar-refractivity contribution in [3.8, 4) is 0 Å². The summed E-state index contributed by atoms with van der Waals surface area (Å²) in [5, 5.41) is 8.80. The molecule has 2 fully saturated rings. The maximum atomic E-state index is 12.3. The number of nitrogens with two attached hydrogens (primary N) is 1. The van der Waals surface area contributed by atoms with Crippen LogP contribution in [0.15, 0.2) is 0 Å². The van der Waals surface area contributed by atoms with E-state index in [1.807, 2.05) is 0 Å². The number of carboxylic acids is 1. The van der Waals surface area contributed by atoms with Crippen LogP contribution in [-0.2, 0) is 19.2 Å². The summed E-state index contributed by atoms with van der Waals surface area (Å²) in [5.41, 5.74) is 5.03. The van der Waals surface area contributed by atoms with Crippen molar-refractivity contribution in [2.75, 3.05) is 26.2 Å². The standard InChI is InChI=1S/C13H19N3O5/c14-10(17)6-16(7-12(19)20)13(21)9-3-11(18)15(5-9)4-8-1-2-8/h8-9H,1-7H2,(H2,14,17)(H,19,20). The molecule has 8 heteroatoms. The number of rotatable bonds is 7. The summed E-state index contributed by atoms with van der Waals surface area (Å²) in [4.78, 5) is 48.4. The van der Waals surface area contributed by atoms with Gasteiger partial charge >= 0.3 is 5.97 Å². The molecule has 0 aromatic carbocycles. The molecule has 2 rings (SSSR count). The van der Waals surface area contributed by atoms with E-state index in [9.17, 15) is 19.2 Å². The second-order valence-corrected chi connectivity index (χ2v) is 5.70. The number of amides is 3. The lowest BCUT2D eigenvalue weighted by atomic mass is 10.1. The maximum absolute atomic E-state index is 12.3. The van der Waals surface area contributed by atoms with E-state index in [4.69, 9.17) is 10.8 Å². The van der Waals surface area contributed by atoms with Gasteiger partial charge in [0, 0.05) is 19.5 Å². The Hall–Kier alpha value is -2.12. The van der Waals surface area contributed by atoms with Crippen LogP contribution < -0.4 is 5.73 Å². The highest BCUT2D eigenvalue weighted by Gasteiger charge is 2.39.